The molecule has 25 heavy (non-hydrogen) atoms. The smallest absolute Gasteiger partial charge is 0.282 e. The summed E-state index contributed by atoms with van der Waals surface area (Å²) in [6, 6.07) is 1.62. The van der Waals surface area contributed by atoms with Gasteiger partial charge in [0.2, 0.25) is 0 Å². The van der Waals surface area contributed by atoms with E-state index in [0.717, 1.165) is 24.4 Å². The van der Waals surface area contributed by atoms with E-state index < -0.39 is 10.2 Å². The third kappa shape index (κ3) is 4.28. The van der Waals surface area contributed by atoms with Crippen molar-refractivity contribution in [1.82, 2.24) is 23.9 Å². The molecule has 142 valence electrons. The molecule has 0 unspecified atom stereocenters. The zero-order chi connectivity index (χ0) is 18.6. The fourth-order valence-corrected chi connectivity index (χ4v) is 4.96. The second-order valence-electron chi connectivity index (χ2n) is 6.36. The molecule has 0 amide bonds. The quantitative estimate of drug-likeness (QED) is 0.735. The zero-order valence-corrected chi connectivity index (χ0v) is 16.7. The van der Waals surface area contributed by atoms with Crippen LogP contribution in [0.15, 0.2) is 6.07 Å². The molecule has 1 fully saturated rings. The van der Waals surface area contributed by atoms with Crippen LogP contribution in [-0.2, 0) is 16.8 Å². The Hall–Kier alpha value is -1.29. The van der Waals surface area contributed by atoms with E-state index in [1.807, 2.05) is 46.0 Å². The van der Waals surface area contributed by atoms with Gasteiger partial charge >= 0.3 is 0 Å². The Bertz CT molecular complexity index is 675. The van der Waals surface area contributed by atoms with E-state index in [4.69, 9.17) is 0 Å². The summed E-state index contributed by atoms with van der Waals surface area (Å²) in [6.45, 7) is 5.78. The van der Waals surface area contributed by atoms with Crippen molar-refractivity contribution in [3.63, 3.8) is 0 Å². The van der Waals surface area contributed by atoms with Gasteiger partial charge in [0.05, 0.1) is 11.7 Å². The van der Waals surface area contributed by atoms with E-state index in [1.165, 1.54) is 4.31 Å². The lowest BCUT2D eigenvalue weighted by atomic mass is 10.2. The van der Waals surface area contributed by atoms with Crippen molar-refractivity contribution < 1.29 is 8.42 Å². The van der Waals surface area contributed by atoms with Crippen molar-refractivity contribution in [3.8, 4) is 0 Å². The topological polar surface area (TPSA) is 81.7 Å². The highest BCUT2D eigenvalue weighted by molar-refractivity contribution is 7.86. The van der Waals surface area contributed by atoms with Crippen LogP contribution in [0.1, 0.15) is 44.2 Å². The SMILES string of the molecule is CCN(CC)S(=O)(=O)N1CCC[C@H]1c1nc(CNC)cc(N(C)C)n1. The lowest BCUT2D eigenvalue weighted by molar-refractivity contribution is 0.330. The monoisotopic (exact) mass is 370 g/mol. The van der Waals surface area contributed by atoms with Gasteiger partial charge in [0, 0.05) is 46.3 Å². The summed E-state index contributed by atoms with van der Waals surface area (Å²) in [6.07, 6.45) is 1.57. The van der Waals surface area contributed by atoms with E-state index in [-0.39, 0.29) is 6.04 Å². The molecule has 1 aromatic heterocycles. The molecule has 8 nitrogen and oxygen atoms in total. The summed E-state index contributed by atoms with van der Waals surface area (Å²) in [5, 5.41) is 3.10. The molecule has 2 rings (SSSR count). The predicted octanol–water partition coefficient (Wildman–Crippen LogP) is 0.986. The summed E-state index contributed by atoms with van der Waals surface area (Å²) in [7, 11) is 2.22. The number of aromatic nitrogens is 2. The first kappa shape index (κ1) is 20.0. The van der Waals surface area contributed by atoms with Crippen molar-refractivity contribution in [3.05, 3.63) is 17.6 Å². The van der Waals surface area contributed by atoms with Gasteiger partial charge in [-0.05, 0) is 19.9 Å². The maximum atomic E-state index is 13.0. The summed E-state index contributed by atoms with van der Waals surface area (Å²) in [5.74, 6) is 1.38. The van der Waals surface area contributed by atoms with Crippen LogP contribution in [0.5, 0.6) is 0 Å². The average Bonchev–Trinajstić information content (AvgIpc) is 3.06. The first-order chi connectivity index (χ1) is 11.8. The van der Waals surface area contributed by atoms with Gasteiger partial charge in [-0.15, -0.1) is 0 Å². The highest BCUT2D eigenvalue weighted by atomic mass is 32.2. The van der Waals surface area contributed by atoms with Gasteiger partial charge in [0.15, 0.2) is 0 Å². The Kier molecular flexibility index (Phi) is 6.72. The minimum Gasteiger partial charge on any atom is -0.363 e. The lowest BCUT2D eigenvalue weighted by Gasteiger charge is -2.29. The van der Waals surface area contributed by atoms with Crippen LogP contribution >= 0.6 is 0 Å². The molecule has 0 aromatic carbocycles. The van der Waals surface area contributed by atoms with E-state index >= 15 is 0 Å². The molecule has 0 saturated carbocycles. The van der Waals surface area contributed by atoms with Gasteiger partial charge in [-0.3, -0.25) is 0 Å². The normalized spacial score (nSPS) is 18.9. The summed E-state index contributed by atoms with van der Waals surface area (Å²) in [5.41, 5.74) is 0.864. The summed E-state index contributed by atoms with van der Waals surface area (Å²) < 4.78 is 29.0. The number of rotatable bonds is 8. The number of nitrogens with one attached hydrogen (secondary N) is 1. The Morgan fingerprint density at radius 3 is 2.52 bits per heavy atom. The van der Waals surface area contributed by atoms with Gasteiger partial charge in [-0.25, -0.2) is 9.97 Å². The van der Waals surface area contributed by atoms with Crippen LogP contribution in [0.25, 0.3) is 0 Å². The highest BCUT2D eigenvalue weighted by Gasteiger charge is 2.39. The Morgan fingerprint density at radius 1 is 1.28 bits per heavy atom. The molecule has 1 atom stereocenters. The second kappa shape index (κ2) is 8.39. The first-order valence-corrected chi connectivity index (χ1v) is 10.2. The minimum absolute atomic E-state index is 0.305. The Balaban J connectivity index is 2.42. The molecule has 9 heteroatoms. The molecular weight excluding hydrogens is 340 g/mol. The maximum Gasteiger partial charge on any atom is 0.282 e. The lowest BCUT2D eigenvalue weighted by Crippen LogP contribution is -2.43. The largest absolute Gasteiger partial charge is 0.363 e. The molecular formula is C16H30N6O2S. The fraction of sp³-hybridized carbons (Fsp3) is 0.750. The van der Waals surface area contributed by atoms with Crippen molar-refractivity contribution in [2.24, 2.45) is 0 Å². The molecule has 1 saturated heterocycles. The molecule has 1 aromatic rings. The molecule has 0 aliphatic carbocycles. The molecule has 1 N–H and O–H groups in total. The molecule has 0 bridgehead atoms. The molecule has 1 aliphatic rings. The van der Waals surface area contributed by atoms with Gasteiger partial charge in [0.1, 0.15) is 11.6 Å². The van der Waals surface area contributed by atoms with E-state index in [0.29, 0.717) is 32.0 Å². The molecule has 1 aliphatic heterocycles. The number of hydrogen-bond donors (Lipinski definition) is 1. The number of anilines is 1. The van der Waals surface area contributed by atoms with E-state index in [1.54, 1.807) is 4.31 Å². The van der Waals surface area contributed by atoms with Gasteiger partial charge in [0.25, 0.3) is 10.2 Å². The zero-order valence-electron chi connectivity index (χ0n) is 15.9. The van der Waals surface area contributed by atoms with Crippen LogP contribution in [0.3, 0.4) is 0 Å². The van der Waals surface area contributed by atoms with Crippen molar-refractivity contribution in [1.29, 1.82) is 0 Å². The Labute approximate surface area is 151 Å². The second-order valence-corrected chi connectivity index (χ2v) is 8.24. The van der Waals surface area contributed by atoms with Crippen molar-refractivity contribution in [2.75, 3.05) is 45.7 Å². The van der Waals surface area contributed by atoms with Crippen LogP contribution < -0.4 is 10.2 Å². The van der Waals surface area contributed by atoms with Gasteiger partial charge in [-0.2, -0.15) is 17.0 Å². The minimum atomic E-state index is -3.50. The predicted molar refractivity (Wildman–Crippen MR) is 99.6 cm³/mol. The maximum absolute atomic E-state index is 13.0. The standard InChI is InChI=1S/C16H30N6O2S/c1-6-21(7-2)25(23,24)22-10-8-9-14(22)16-18-13(12-17-3)11-15(19-16)20(4)5/h11,14,17H,6-10,12H2,1-5H3/t14-/m0/s1. The third-order valence-corrected chi connectivity index (χ3v) is 6.63. The Morgan fingerprint density at radius 2 is 1.96 bits per heavy atom. The fourth-order valence-electron chi connectivity index (χ4n) is 3.13. The van der Waals surface area contributed by atoms with Crippen LogP contribution in [-0.4, -0.2) is 67.8 Å². The number of nitrogens with zero attached hydrogens (tertiary/aromatic N) is 5. The van der Waals surface area contributed by atoms with Crippen LogP contribution in [0, 0.1) is 0 Å². The number of hydrogen-bond acceptors (Lipinski definition) is 6. The van der Waals surface area contributed by atoms with Crippen LogP contribution in [0.4, 0.5) is 5.82 Å². The first-order valence-electron chi connectivity index (χ1n) is 8.81. The van der Waals surface area contributed by atoms with E-state index in [2.05, 4.69) is 15.3 Å². The molecule has 2 heterocycles. The van der Waals surface area contributed by atoms with Crippen molar-refractivity contribution >= 4 is 16.0 Å². The van der Waals surface area contributed by atoms with Gasteiger partial charge in [-0.1, -0.05) is 13.8 Å². The molecule has 0 radical (unpaired) electrons. The average molecular weight is 371 g/mol. The molecule has 0 spiro atoms. The third-order valence-electron chi connectivity index (χ3n) is 4.43. The van der Waals surface area contributed by atoms with Gasteiger partial charge < -0.3 is 10.2 Å². The summed E-state index contributed by atoms with van der Waals surface area (Å²) in [4.78, 5) is 11.2. The van der Waals surface area contributed by atoms with Crippen LogP contribution in [0.2, 0.25) is 0 Å². The van der Waals surface area contributed by atoms with E-state index in [9.17, 15) is 8.42 Å². The highest BCUT2D eigenvalue weighted by Crippen LogP contribution is 2.34. The van der Waals surface area contributed by atoms with Crippen molar-refractivity contribution in [2.45, 2.75) is 39.3 Å². The summed E-state index contributed by atoms with van der Waals surface area (Å²) >= 11 is 0.